The molecule has 2 bridgehead atoms. The van der Waals surface area contributed by atoms with E-state index in [1.807, 2.05) is 0 Å². The molecule has 3 aliphatic heterocycles. The lowest BCUT2D eigenvalue weighted by Crippen LogP contribution is -2.34. The molecule has 0 N–H and O–H groups in total. The number of imide groups is 1. The van der Waals surface area contributed by atoms with Crippen molar-refractivity contribution in [3.05, 3.63) is 46.5 Å². The normalized spacial score (nSPS) is 32.9. The molecule has 0 aromatic heterocycles. The zero-order valence-electron chi connectivity index (χ0n) is 10.7. The highest BCUT2D eigenvalue weighted by Gasteiger charge is 2.61. The average Bonchev–Trinajstić information content (AvgIpc) is 3.13. The van der Waals surface area contributed by atoms with Crippen molar-refractivity contribution in [1.82, 2.24) is 0 Å². The smallest absolute Gasteiger partial charge is 0.293 e. The van der Waals surface area contributed by atoms with Crippen molar-refractivity contribution in [3.63, 3.8) is 0 Å². The van der Waals surface area contributed by atoms with Crippen LogP contribution in [0.1, 0.15) is 0 Å². The first-order chi connectivity index (χ1) is 10.1. The quantitative estimate of drug-likeness (QED) is 0.350. The van der Waals surface area contributed by atoms with Crippen molar-refractivity contribution in [1.29, 1.82) is 0 Å². The highest BCUT2D eigenvalue weighted by molar-refractivity contribution is 6.23. The third-order valence-corrected chi connectivity index (χ3v) is 4.23. The zero-order valence-corrected chi connectivity index (χ0v) is 10.7. The van der Waals surface area contributed by atoms with Gasteiger partial charge in [0.05, 0.1) is 29.0 Å². The van der Waals surface area contributed by atoms with Crippen molar-refractivity contribution < 1.29 is 19.2 Å². The molecule has 0 radical (unpaired) electrons. The molecule has 7 heteroatoms. The van der Waals surface area contributed by atoms with Gasteiger partial charge >= 0.3 is 0 Å². The second-order valence-corrected chi connectivity index (χ2v) is 5.26. The minimum absolute atomic E-state index is 0.0336. The number of hydrogen-bond donors (Lipinski definition) is 0. The fraction of sp³-hybridized carbons (Fsp3) is 0.286. The van der Waals surface area contributed by atoms with Crippen LogP contribution in [-0.2, 0) is 14.3 Å². The van der Waals surface area contributed by atoms with Crippen LogP contribution in [0.3, 0.4) is 0 Å². The van der Waals surface area contributed by atoms with Crippen LogP contribution < -0.4 is 4.90 Å². The largest absolute Gasteiger partial charge is 0.365 e. The molecule has 3 aliphatic rings. The van der Waals surface area contributed by atoms with E-state index in [0.717, 1.165) is 4.90 Å². The number of para-hydroxylation sites is 2. The minimum Gasteiger partial charge on any atom is -0.365 e. The molecule has 0 unspecified atom stereocenters. The van der Waals surface area contributed by atoms with Crippen LogP contribution in [0.2, 0.25) is 0 Å². The summed E-state index contributed by atoms with van der Waals surface area (Å²) in [7, 11) is 0. The average molecular weight is 286 g/mol. The Morgan fingerprint density at radius 1 is 1.05 bits per heavy atom. The SMILES string of the molecule is O=C1[C@@H]2[C@@H](C(=O)N1c1ccccc1[N+](=O)[O-])[C@@H]1C=C[C@@H]2O1. The Labute approximate surface area is 118 Å². The Bertz CT molecular complexity index is 683. The van der Waals surface area contributed by atoms with Gasteiger partial charge in [0.2, 0.25) is 11.8 Å². The van der Waals surface area contributed by atoms with Gasteiger partial charge < -0.3 is 4.74 Å². The van der Waals surface area contributed by atoms with Gasteiger partial charge in [-0.25, -0.2) is 4.90 Å². The van der Waals surface area contributed by atoms with Gasteiger partial charge in [-0.3, -0.25) is 19.7 Å². The molecule has 4 rings (SSSR count). The molecule has 4 atom stereocenters. The van der Waals surface area contributed by atoms with E-state index in [1.165, 1.54) is 18.2 Å². The maximum Gasteiger partial charge on any atom is 0.293 e. The van der Waals surface area contributed by atoms with Crippen LogP contribution in [0.4, 0.5) is 11.4 Å². The summed E-state index contributed by atoms with van der Waals surface area (Å²) in [6, 6.07) is 5.78. The van der Waals surface area contributed by atoms with Gasteiger partial charge in [0.15, 0.2) is 0 Å². The van der Waals surface area contributed by atoms with Crippen molar-refractivity contribution in [2.45, 2.75) is 12.2 Å². The summed E-state index contributed by atoms with van der Waals surface area (Å²) in [4.78, 5) is 36.5. The third kappa shape index (κ3) is 1.46. The summed E-state index contributed by atoms with van der Waals surface area (Å²) in [5.74, 6) is -1.97. The summed E-state index contributed by atoms with van der Waals surface area (Å²) in [5, 5.41) is 11.1. The number of anilines is 1. The Kier molecular flexibility index (Phi) is 2.32. The first-order valence-corrected chi connectivity index (χ1v) is 6.54. The number of amides is 2. The summed E-state index contributed by atoms with van der Waals surface area (Å²) < 4.78 is 5.53. The molecule has 106 valence electrons. The van der Waals surface area contributed by atoms with Crippen molar-refractivity contribution in [2.75, 3.05) is 4.90 Å². The van der Waals surface area contributed by atoms with Crippen molar-refractivity contribution >= 4 is 23.2 Å². The fourth-order valence-corrected chi connectivity index (χ4v) is 3.35. The number of carbonyl (C=O) groups is 2. The summed E-state index contributed by atoms with van der Waals surface area (Å²) in [6.45, 7) is 0. The summed E-state index contributed by atoms with van der Waals surface area (Å²) in [6.07, 6.45) is 2.76. The molecule has 1 aromatic carbocycles. The number of rotatable bonds is 2. The number of nitrogens with zero attached hydrogens (tertiary/aromatic N) is 2. The number of ether oxygens (including phenoxy) is 1. The van der Waals surface area contributed by atoms with E-state index < -0.39 is 40.8 Å². The van der Waals surface area contributed by atoms with Crippen molar-refractivity contribution in [2.24, 2.45) is 11.8 Å². The van der Waals surface area contributed by atoms with Crippen molar-refractivity contribution in [3.8, 4) is 0 Å². The van der Waals surface area contributed by atoms with Gasteiger partial charge in [0.25, 0.3) is 5.69 Å². The molecule has 2 amide bonds. The molecule has 2 saturated heterocycles. The second-order valence-electron chi connectivity index (χ2n) is 5.26. The predicted molar refractivity (Wildman–Crippen MR) is 70.4 cm³/mol. The first-order valence-electron chi connectivity index (χ1n) is 6.54. The maximum absolute atomic E-state index is 12.5. The predicted octanol–water partition coefficient (Wildman–Crippen LogP) is 1.04. The van der Waals surface area contributed by atoms with Crippen LogP contribution in [0, 0.1) is 22.0 Å². The van der Waals surface area contributed by atoms with E-state index >= 15 is 0 Å². The minimum atomic E-state index is -0.590. The highest BCUT2D eigenvalue weighted by Crippen LogP contribution is 2.47. The lowest BCUT2D eigenvalue weighted by molar-refractivity contribution is -0.384. The first kappa shape index (κ1) is 12.2. The van der Waals surface area contributed by atoms with Gasteiger partial charge in [-0.1, -0.05) is 24.3 Å². The molecular weight excluding hydrogens is 276 g/mol. The van der Waals surface area contributed by atoms with Crippen LogP contribution in [-0.4, -0.2) is 28.9 Å². The van der Waals surface area contributed by atoms with Gasteiger partial charge in [0, 0.05) is 6.07 Å². The third-order valence-electron chi connectivity index (χ3n) is 4.23. The van der Waals surface area contributed by atoms with Crippen LogP contribution >= 0.6 is 0 Å². The molecule has 2 fully saturated rings. The highest BCUT2D eigenvalue weighted by atomic mass is 16.6. The maximum atomic E-state index is 12.5. The Morgan fingerprint density at radius 3 is 2.19 bits per heavy atom. The molecule has 7 nitrogen and oxygen atoms in total. The van der Waals surface area contributed by atoms with E-state index in [-0.39, 0.29) is 11.4 Å². The monoisotopic (exact) mass is 286 g/mol. The molecule has 0 aliphatic carbocycles. The number of hydrogen-bond acceptors (Lipinski definition) is 5. The topological polar surface area (TPSA) is 89.8 Å². The number of benzene rings is 1. The Morgan fingerprint density at radius 2 is 1.62 bits per heavy atom. The number of nitro benzene ring substituents is 1. The van der Waals surface area contributed by atoms with E-state index in [2.05, 4.69) is 0 Å². The fourth-order valence-electron chi connectivity index (χ4n) is 3.35. The summed E-state index contributed by atoms with van der Waals surface area (Å²) >= 11 is 0. The van der Waals surface area contributed by atoms with Crippen LogP contribution in [0.5, 0.6) is 0 Å². The van der Waals surface area contributed by atoms with Gasteiger partial charge in [0.1, 0.15) is 5.69 Å². The standard InChI is InChI=1S/C14H10N2O5/c17-13-11-9-5-6-10(21-9)12(11)14(18)15(13)7-3-1-2-4-8(7)16(19)20/h1-6,9-12H/t9-,10-,11-,12-/m0/s1. The molecule has 3 heterocycles. The molecule has 1 aromatic rings. The van der Waals surface area contributed by atoms with Crippen LogP contribution in [0.25, 0.3) is 0 Å². The second kappa shape index (κ2) is 3.98. The lowest BCUT2D eigenvalue weighted by atomic mass is 9.85. The number of carbonyl (C=O) groups excluding carboxylic acids is 2. The molecule has 0 spiro atoms. The van der Waals surface area contributed by atoms with Crippen LogP contribution in [0.15, 0.2) is 36.4 Å². The van der Waals surface area contributed by atoms with Gasteiger partial charge in [-0.05, 0) is 6.07 Å². The van der Waals surface area contributed by atoms with E-state index in [4.69, 9.17) is 4.74 Å². The number of nitro groups is 1. The summed E-state index contributed by atoms with van der Waals surface area (Å²) in [5.41, 5.74) is -0.216. The molecule has 21 heavy (non-hydrogen) atoms. The molecule has 0 saturated carbocycles. The Balaban J connectivity index is 1.80. The Hall–Kier alpha value is -2.54. The van der Waals surface area contributed by atoms with E-state index in [0.29, 0.717) is 0 Å². The number of fused-ring (bicyclic) bond motifs is 5. The lowest BCUT2D eigenvalue weighted by Gasteiger charge is -2.17. The van der Waals surface area contributed by atoms with Gasteiger partial charge in [-0.2, -0.15) is 0 Å². The van der Waals surface area contributed by atoms with E-state index in [1.54, 1.807) is 18.2 Å². The zero-order chi connectivity index (χ0) is 14.7. The van der Waals surface area contributed by atoms with Gasteiger partial charge in [-0.15, -0.1) is 0 Å². The van der Waals surface area contributed by atoms with E-state index in [9.17, 15) is 19.7 Å². The molecular formula is C14H10N2O5.